The zero-order valence-electron chi connectivity index (χ0n) is 16.2. The van der Waals surface area contributed by atoms with E-state index in [2.05, 4.69) is 10.1 Å². The SMILES string of the molecule is COC(=O)/C(NC(=O)OC(C)(C)C)=C(\C)C(=O)OCc1ccc([N+](=O)[O-])cc1. The number of nitrogens with zero attached hydrogens (tertiary/aromatic N) is 1. The lowest BCUT2D eigenvalue weighted by atomic mass is 10.2. The van der Waals surface area contributed by atoms with Gasteiger partial charge in [0.05, 0.1) is 17.6 Å². The smallest absolute Gasteiger partial charge is 0.412 e. The summed E-state index contributed by atoms with van der Waals surface area (Å²) in [4.78, 5) is 46.1. The fourth-order valence-corrected chi connectivity index (χ4v) is 1.88. The highest BCUT2D eigenvalue weighted by atomic mass is 16.6. The third kappa shape index (κ3) is 7.06. The molecule has 0 unspecified atom stereocenters. The lowest BCUT2D eigenvalue weighted by Crippen LogP contribution is -2.35. The predicted octanol–water partition coefficient (Wildman–Crippen LogP) is 2.61. The maximum absolute atomic E-state index is 12.2. The van der Waals surface area contributed by atoms with Gasteiger partial charge in [-0.2, -0.15) is 0 Å². The van der Waals surface area contributed by atoms with Crippen LogP contribution in [-0.2, 0) is 30.4 Å². The number of amides is 1. The van der Waals surface area contributed by atoms with E-state index < -0.39 is 34.3 Å². The van der Waals surface area contributed by atoms with Crippen molar-refractivity contribution in [2.24, 2.45) is 0 Å². The number of hydrogen-bond donors (Lipinski definition) is 1. The zero-order chi connectivity index (χ0) is 21.5. The molecule has 1 aromatic carbocycles. The Morgan fingerprint density at radius 2 is 1.68 bits per heavy atom. The number of carbonyl (C=O) groups is 3. The molecule has 0 saturated carbocycles. The van der Waals surface area contributed by atoms with Crippen LogP contribution in [0, 0.1) is 10.1 Å². The third-order valence-corrected chi connectivity index (χ3v) is 3.21. The molecule has 152 valence electrons. The summed E-state index contributed by atoms with van der Waals surface area (Å²) in [6.07, 6.45) is -0.935. The molecule has 28 heavy (non-hydrogen) atoms. The van der Waals surface area contributed by atoms with Gasteiger partial charge in [-0.15, -0.1) is 0 Å². The topological polar surface area (TPSA) is 134 Å². The van der Waals surface area contributed by atoms with Crippen LogP contribution in [0.1, 0.15) is 33.3 Å². The van der Waals surface area contributed by atoms with E-state index in [9.17, 15) is 24.5 Å². The van der Waals surface area contributed by atoms with E-state index in [-0.39, 0.29) is 17.9 Å². The number of hydrogen-bond acceptors (Lipinski definition) is 8. The minimum absolute atomic E-state index is 0.0966. The van der Waals surface area contributed by atoms with Gasteiger partial charge in [0.25, 0.3) is 5.69 Å². The summed E-state index contributed by atoms with van der Waals surface area (Å²) < 4.78 is 14.7. The fraction of sp³-hybridized carbons (Fsp3) is 0.389. The molecule has 0 aromatic heterocycles. The van der Waals surface area contributed by atoms with Crippen LogP contribution < -0.4 is 5.32 Å². The summed E-state index contributed by atoms with van der Waals surface area (Å²) in [7, 11) is 1.09. The van der Waals surface area contributed by atoms with Gasteiger partial charge in [-0.05, 0) is 45.4 Å². The number of non-ortho nitro benzene ring substituents is 1. The minimum Gasteiger partial charge on any atom is -0.464 e. The van der Waals surface area contributed by atoms with Gasteiger partial charge in [0, 0.05) is 12.1 Å². The van der Waals surface area contributed by atoms with Gasteiger partial charge in [0.15, 0.2) is 0 Å². The van der Waals surface area contributed by atoms with Crippen molar-refractivity contribution in [3.63, 3.8) is 0 Å². The first-order valence-corrected chi connectivity index (χ1v) is 8.14. The normalized spacial score (nSPS) is 11.8. The van der Waals surface area contributed by atoms with Crippen molar-refractivity contribution in [3.8, 4) is 0 Å². The molecule has 0 atom stereocenters. The number of ether oxygens (including phenoxy) is 3. The molecule has 0 aliphatic heterocycles. The van der Waals surface area contributed by atoms with E-state index in [4.69, 9.17) is 9.47 Å². The number of rotatable bonds is 6. The van der Waals surface area contributed by atoms with Crippen molar-refractivity contribution in [1.82, 2.24) is 5.32 Å². The molecule has 0 bridgehead atoms. The van der Waals surface area contributed by atoms with Crippen molar-refractivity contribution in [2.75, 3.05) is 7.11 Å². The van der Waals surface area contributed by atoms with Gasteiger partial charge in [-0.3, -0.25) is 15.4 Å². The Kier molecular flexibility index (Phi) is 7.66. The summed E-state index contributed by atoms with van der Waals surface area (Å²) in [5.74, 6) is -1.83. The van der Waals surface area contributed by atoms with E-state index in [1.54, 1.807) is 20.8 Å². The van der Waals surface area contributed by atoms with E-state index in [0.29, 0.717) is 5.56 Å². The molecule has 0 aliphatic rings. The molecule has 0 aliphatic carbocycles. The van der Waals surface area contributed by atoms with Gasteiger partial charge < -0.3 is 14.2 Å². The number of alkyl carbamates (subject to hydrolysis) is 1. The average Bonchev–Trinajstić information content (AvgIpc) is 2.61. The highest BCUT2D eigenvalue weighted by Crippen LogP contribution is 2.14. The van der Waals surface area contributed by atoms with Crippen molar-refractivity contribution >= 4 is 23.7 Å². The number of nitro benzene ring substituents is 1. The van der Waals surface area contributed by atoms with Crippen molar-refractivity contribution in [1.29, 1.82) is 0 Å². The lowest BCUT2D eigenvalue weighted by molar-refractivity contribution is -0.384. The van der Waals surface area contributed by atoms with Crippen molar-refractivity contribution < 1.29 is 33.5 Å². The van der Waals surface area contributed by atoms with Gasteiger partial charge in [-0.25, -0.2) is 14.4 Å². The standard InChI is InChI=1S/C18H22N2O8/c1-11(14(16(22)26-5)19-17(23)28-18(2,3)4)15(21)27-10-12-6-8-13(9-7-12)20(24)25/h6-9H,10H2,1-5H3,(H,19,23)/b14-11-. The summed E-state index contributed by atoms with van der Waals surface area (Å²) in [6, 6.07) is 5.42. The van der Waals surface area contributed by atoms with Crippen molar-refractivity contribution in [3.05, 3.63) is 51.2 Å². The fourth-order valence-electron chi connectivity index (χ4n) is 1.88. The van der Waals surface area contributed by atoms with Gasteiger partial charge in [0.2, 0.25) is 0 Å². The highest BCUT2D eigenvalue weighted by molar-refractivity contribution is 6.01. The minimum atomic E-state index is -0.948. The summed E-state index contributed by atoms with van der Waals surface area (Å²) >= 11 is 0. The first-order chi connectivity index (χ1) is 12.9. The monoisotopic (exact) mass is 394 g/mol. The molecule has 0 heterocycles. The van der Waals surface area contributed by atoms with Gasteiger partial charge in [-0.1, -0.05) is 0 Å². The van der Waals surface area contributed by atoms with Crippen molar-refractivity contribution in [2.45, 2.75) is 39.9 Å². The van der Waals surface area contributed by atoms with Gasteiger partial charge >= 0.3 is 18.0 Å². The van der Waals surface area contributed by atoms with Crippen LogP contribution >= 0.6 is 0 Å². The summed E-state index contributed by atoms with van der Waals surface area (Å²) in [5.41, 5.74) is -1.01. The second-order valence-corrected chi connectivity index (χ2v) is 6.62. The summed E-state index contributed by atoms with van der Waals surface area (Å²) in [5, 5.41) is 12.8. The number of nitrogens with one attached hydrogen (secondary N) is 1. The Bertz CT molecular complexity index is 791. The molecule has 1 rings (SSSR count). The van der Waals surface area contributed by atoms with E-state index in [1.807, 2.05) is 0 Å². The Morgan fingerprint density at radius 1 is 1.11 bits per heavy atom. The predicted molar refractivity (Wildman–Crippen MR) is 97.0 cm³/mol. The van der Waals surface area contributed by atoms with Crippen LogP contribution in [0.25, 0.3) is 0 Å². The number of nitro groups is 1. The van der Waals surface area contributed by atoms with E-state index in [0.717, 1.165) is 7.11 Å². The van der Waals surface area contributed by atoms with Crippen LogP contribution in [-0.4, -0.2) is 35.7 Å². The Labute approximate surface area is 161 Å². The molecule has 1 amide bonds. The quantitative estimate of drug-likeness (QED) is 0.256. The van der Waals surface area contributed by atoms with Gasteiger partial charge in [0.1, 0.15) is 17.9 Å². The first kappa shape index (κ1) is 22.6. The zero-order valence-corrected chi connectivity index (χ0v) is 16.2. The first-order valence-electron chi connectivity index (χ1n) is 8.14. The van der Waals surface area contributed by atoms with Crippen LogP contribution in [0.3, 0.4) is 0 Å². The lowest BCUT2D eigenvalue weighted by Gasteiger charge is -2.20. The Hall–Kier alpha value is -3.43. The van der Waals surface area contributed by atoms with Crippen LogP contribution in [0.4, 0.5) is 10.5 Å². The molecule has 10 nitrogen and oxygen atoms in total. The largest absolute Gasteiger partial charge is 0.464 e. The molecule has 0 fully saturated rings. The maximum atomic E-state index is 12.2. The number of esters is 2. The Morgan fingerprint density at radius 3 is 2.14 bits per heavy atom. The maximum Gasteiger partial charge on any atom is 0.412 e. The highest BCUT2D eigenvalue weighted by Gasteiger charge is 2.24. The van der Waals surface area contributed by atoms with Crippen LogP contribution in [0.2, 0.25) is 0 Å². The number of benzene rings is 1. The molecular formula is C18H22N2O8. The molecule has 1 N–H and O–H groups in total. The van der Waals surface area contributed by atoms with E-state index >= 15 is 0 Å². The van der Waals surface area contributed by atoms with E-state index in [1.165, 1.54) is 31.2 Å². The number of methoxy groups -OCH3 is 1. The average molecular weight is 394 g/mol. The third-order valence-electron chi connectivity index (χ3n) is 3.21. The molecule has 1 aromatic rings. The molecule has 0 saturated heterocycles. The molecule has 0 spiro atoms. The second-order valence-electron chi connectivity index (χ2n) is 6.62. The molecule has 10 heteroatoms. The molecule has 0 radical (unpaired) electrons. The number of carbonyl (C=O) groups excluding carboxylic acids is 3. The van der Waals surface area contributed by atoms with Crippen LogP contribution in [0.15, 0.2) is 35.5 Å². The summed E-state index contributed by atoms with van der Waals surface area (Å²) in [6.45, 7) is 6.01. The molecular weight excluding hydrogens is 372 g/mol. The Balaban J connectivity index is 2.89. The second kappa shape index (κ2) is 9.49. The van der Waals surface area contributed by atoms with Crippen LogP contribution in [0.5, 0.6) is 0 Å².